The number of fused-ring (bicyclic) bond motifs is 1. The maximum atomic E-state index is 13.6. The van der Waals surface area contributed by atoms with Gasteiger partial charge >= 0.3 is 5.69 Å². The summed E-state index contributed by atoms with van der Waals surface area (Å²) < 4.78 is 8.13. The van der Waals surface area contributed by atoms with E-state index in [1.165, 1.54) is 4.57 Å². The van der Waals surface area contributed by atoms with Crippen LogP contribution in [0.2, 0.25) is 0 Å². The maximum absolute atomic E-state index is 13.6. The van der Waals surface area contributed by atoms with E-state index >= 15 is 0 Å². The Hall–Kier alpha value is -4.13. The molecule has 0 spiro atoms. The quantitative estimate of drug-likeness (QED) is 0.433. The maximum Gasteiger partial charge on any atom is 0.336 e. The van der Waals surface area contributed by atoms with Gasteiger partial charge in [0.2, 0.25) is 5.91 Å². The van der Waals surface area contributed by atoms with Gasteiger partial charge in [-0.1, -0.05) is 49.2 Å². The number of benzene rings is 3. The van der Waals surface area contributed by atoms with Crippen LogP contribution in [-0.2, 0) is 17.8 Å². The van der Waals surface area contributed by atoms with E-state index in [4.69, 9.17) is 4.74 Å². The number of carbonyl (C=O) groups excluding carboxylic acids is 1. The van der Waals surface area contributed by atoms with Gasteiger partial charge in [-0.2, -0.15) is 0 Å². The van der Waals surface area contributed by atoms with Crippen molar-refractivity contribution in [3.8, 4) is 11.4 Å². The van der Waals surface area contributed by atoms with Crippen molar-refractivity contribution in [1.82, 2.24) is 14.5 Å². The molecule has 1 N–H and O–H groups in total. The number of nitrogens with zero attached hydrogens (tertiary/aromatic N) is 2. The Kier molecular flexibility index (Phi) is 6.71. The van der Waals surface area contributed by atoms with Crippen molar-refractivity contribution >= 4 is 16.8 Å². The van der Waals surface area contributed by atoms with E-state index in [-0.39, 0.29) is 30.5 Å². The van der Waals surface area contributed by atoms with Crippen molar-refractivity contribution in [2.75, 3.05) is 7.11 Å². The van der Waals surface area contributed by atoms with Crippen LogP contribution in [0.5, 0.6) is 5.75 Å². The van der Waals surface area contributed by atoms with Crippen molar-refractivity contribution in [1.29, 1.82) is 0 Å². The molecule has 1 aromatic heterocycles. The summed E-state index contributed by atoms with van der Waals surface area (Å²) >= 11 is 0. The topological polar surface area (TPSA) is 82.3 Å². The molecule has 5 rings (SSSR count). The first-order valence-corrected chi connectivity index (χ1v) is 12.3. The molecule has 7 nitrogen and oxygen atoms in total. The van der Waals surface area contributed by atoms with Crippen LogP contribution in [-0.4, -0.2) is 28.2 Å². The van der Waals surface area contributed by atoms with Gasteiger partial charge in [-0.15, -0.1) is 0 Å². The molecule has 1 aliphatic carbocycles. The highest BCUT2D eigenvalue weighted by Crippen LogP contribution is 2.18. The zero-order valence-corrected chi connectivity index (χ0v) is 20.3. The van der Waals surface area contributed by atoms with E-state index < -0.39 is 5.69 Å². The monoisotopic (exact) mass is 483 g/mol. The van der Waals surface area contributed by atoms with Crippen LogP contribution < -0.4 is 21.3 Å². The largest absolute Gasteiger partial charge is 0.497 e. The Morgan fingerprint density at radius 3 is 2.44 bits per heavy atom. The number of para-hydroxylation sites is 1. The van der Waals surface area contributed by atoms with E-state index in [0.717, 1.165) is 36.8 Å². The Morgan fingerprint density at radius 1 is 0.944 bits per heavy atom. The fraction of sp³-hybridized carbons (Fsp3) is 0.276. The first kappa shape index (κ1) is 23.6. The van der Waals surface area contributed by atoms with Crippen LogP contribution in [0.4, 0.5) is 0 Å². The molecule has 184 valence electrons. The minimum atomic E-state index is -0.423. The zero-order valence-electron chi connectivity index (χ0n) is 20.3. The Morgan fingerprint density at radius 2 is 1.69 bits per heavy atom. The SMILES string of the molecule is COc1cccc(Cn2c(=O)n(-c3ccc(CC(=O)NC4CCCC4)cc3)c(=O)c3ccccc32)c1. The summed E-state index contributed by atoms with van der Waals surface area (Å²) in [6, 6.07) is 22.0. The first-order chi connectivity index (χ1) is 17.5. The number of aromatic nitrogens is 2. The number of hydrogen-bond donors (Lipinski definition) is 1. The van der Waals surface area contributed by atoms with Crippen LogP contribution in [0.3, 0.4) is 0 Å². The van der Waals surface area contributed by atoms with Crippen molar-refractivity contribution in [3.63, 3.8) is 0 Å². The standard InChI is InChI=1S/C29H29N3O4/c1-36-24-10-6-7-21(17-24)19-31-26-12-5-4-11-25(26)28(34)32(29(31)35)23-15-13-20(14-16-23)18-27(33)30-22-8-2-3-9-22/h4-7,10-17,22H,2-3,8-9,18-19H2,1H3,(H,30,33). The van der Waals surface area contributed by atoms with Crippen molar-refractivity contribution < 1.29 is 9.53 Å². The first-order valence-electron chi connectivity index (χ1n) is 12.3. The summed E-state index contributed by atoms with van der Waals surface area (Å²) in [7, 11) is 1.60. The summed E-state index contributed by atoms with van der Waals surface area (Å²) in [5.41, 5.74) is 1.97. The number of nitrogens with one attached hydrogen (secondary N) is 1. The van der Waals surface area contributed by atoms with Crippen molar-refractivity contribution in [2.24, 2.45) is 0 Å². The predicted molar refractivity (Wildman–Crippen MR) is 140 cm³/mol. The second-order valence-corrected chi connectivity index (χ2v) is 9.27. The summed E-state index contributed by atoms with van der Waals surface area (Å²) in [6.07, 6.45) is 4.67. The van der Waals surface area contributed by atoms with Gasteiger partial charge < -0.3 is 10.1 Å². The lowest BCUT2D eigenvalue weighted by Gasteiger charge is -2.15. The molecule has 0 atom stereocenters. The van der Waals surface area contributed by atoms with Crippen LogP contribution in [0, 0.1) is 0 Å². The molecule has 1 saturated carbocycles. The highest BCUT2D eigenvalue weighted by molar-refractivity contribution is 5.79. The lowest BCUT2D eigenvalue weighted by molar-refractivity contribution is -0.121. The normalized spacial score (nSPS) is 13.7. The molecule has 0 unspecified atom stereocenters. The van der Waals surface area contributed by atoms with E-state index in [9.17, 15) is 14.4 Å². The number of ether oxygens (including phenoxy) is 1. The van der Waals surface area contributed by atoms with E-state index in [1.54, 1.807) is 54.1 Å². The third-order valence-electron chi connectivity index (χ3n) is 6.80. The van der Waals surface area contributed by atoms with Gasteiger partial charge in [-0.25, -0.2) is 9.36 Å². The summed E-state index contributed by atoms with van der Waals surface area (Å²) in [5, 5.41) is 3.55. The Labute approximate surface area is 209 Å². The van der Waals surface area contributed by atoms with Crippen LogP contribution >= 0.6 is 0 Å². The molecule has 36 heavy (non-hydrogen) atoms. The van der Waals surface area contributed by atoms with Crippen LogP contribution in [0.25, 0.3) is 16.6 Å². The summed E-state index contributed by atoms with van der Waals surface area (Å²) in [4.78, 5) is 39.4. The average Bonchev–Trinajstić information content (AvgIpc) is 3.40. The lowest BCUT2D eigenvalue weighted by atomic mass is 10.1. The Bertz CT molecular complexity index is 1510. The van der Waals surface area contributed by atoms with Gasteiger partial charge in [0, 0.05) is 6.04 Å². The molecule has 0 radical (unpaired) electrons. The fourth-order valence-corrected chi connectivity index (χ4v) is 4.95. The van der Waals surface area contributed by atoms with Gasteiger partial charge in [0.1, 0.15) is 5.75 Å². The summed E-state index contributed by atoms with van der Waals surface area (Å²) in [5.74, 6) is 0.698. The molecule has 1 fully saturated rings. The van der Waals surface area contributed by atoms with Crippen LogP contribution in [0.1, 0.15) is 36.8 Å². The predicted octanol–water partition coefficient (Wildman–Crippen LogP) is 3.81. The highest BCUT2D eigenvalue weighted by atomic mass is 16.5. The van der Waals surface area contributed by atoms with E-state index in [0.29, 0.717) is 22.3 Å². The zero-order chi connectivity index (χ0) is 25.1. The van der Waals surface area contributed by atoms with Gasteiger partial charge in [0.25, 0.3) is 5.56 Å². The number of carbonyl (C=O) groups is 1. The van der Waals surface area contributed by atoms with Crippen molar-refractivity contribution in [3.05, 3.63) is 105 Å². The van der Waals surface area contributed by atoms with E-state index in [2.05, 4.69) is 5.32 Å². The lowest BCUT2D eigenvalue weighted by Crippen LogP contribution is -2.39. The smallest absolute Gasteiger partial charge is 0.336 e. The minimum absolute atomic E-state index is 0.00170. The molecule has 0 aliphatic heterocycles. The molecular weight excluding hydrogens is 454 g/mol. The molecule has 0 bridgehead atoms. The number of amides is 1. The molecular formula is C29H29N3O4. The summed E-state index contributed by atoms with van der Waals surface area (Å²) in [6.45, 7) is 0.288. The fourth-order valence-electron chi connectivity index (χ4n) is 4.95. The second kappa shape index (κ2) is 10.2. The molecule has 0 saturated heterocycles. The van der Waals surface area contributed by atoms with Crippen LogP contribution in [0.15, 0.2) is 82.4 Å². The van der Waals surface area contributed by atoms with Gasteiger partial charge in [0.15, 0.2) is 0 Å². The van der Waals surface area contributed by atoms with Gasteiger partial charge in [0.05, 0.1) is 36.7 Å². The van der Waals surface area contributed by atoms with Gasteiger partial charge in [-0.05, 0) is 60.4 Å². The molecule has 1 amide bonds. The number of methoxy groups -OCH3 is 1. The molecule has 1 aliphatic rings. The van der Waals surface area contributed by atoms with E-state index in [1.807, 2.05) is 30.3 Å². The number of rotatable bonds is 7. The Balaban J connectivity index is 1.49. The third-order valence-corrected chi connectivity index (χ3v) is 6.80. The molecule has 3 aromatic carbocycles. The molecule has 4 aromatic rings. The minimum Gasteiger partial charge on any atom is -0.497 e. The molecule has 7 heteroatoms. The third kappa shape index (κ3) is 4.82. The number of hydrogen-bond acceptors (Lipinski definition) is 4. The van der Waals surface area contributed by atoms with Crippen molar-refractivity contribution in [2.45, 2.75) is 44.7 Å². The molecule has 1 heterocycles. The average molecular weight is 484 g/mol. The second-order valence-electron chi connectivity index (χ2n) is 9.27. The highest BCUT2D eigenvalue weighted by Gasteiger charge is 2.18. The van der Waals surface area contributed by atoms with Gasteiger partial charge in [-0.3, -0.25) is 14.2 Å².